The molecule has 0 atom stereocenters. The molecule has 1 saturated heterocycles. The molecule has 3 amide bonds. The fourth-order valence-corrected chi connectivity index (χ4v) is 8.78. The fraction of sp³-hybridized carbons (Fsp3) is 0.356. The van der Waals surface area contributed by atoms with E-state index in [9.17, 15) is 14.4 Å². The maximum Gasteiger partial charge on any atom is 0.292 e. The molecule has 3 aliphatic rings. The lowest BCUT2D eigenvalue weighted by Gasteiger charge is -2.35. The van der Waals surface area contributed by atoms with Crippen molar-refractivity contribution in [3.8, 4) is 11.3 Å². The summed E-state index contributed by atoms with van der Waals surface area (Å²) in [6.07, 6.45) is 8.04. The summed E-state index contributed by atoms with van der Waals surface area (Å²) in [5.41, 5.74) is 21.0. The van der Waals surface area contributed by atoms with Gasteiger partial charge in [-0.15, -0.1) is 0 Å². The number of nitrogen functional groups attached to an aromatic ring is 2. The molecular formula is C45H48N16O6. The van der Waals surface area contributed by atoms with Crippen LogP contribution in [0.25, 0.3) is 33.4 Å². The van der Waals surface area contributed by atoms with E-state index in [1.54, 1.807) is 23.4 Å². The zero-order chi connectivity index (χ0) is 46.0. The van der Waals surface area contributed by atoms with Crippen molar-refractivity contribution in [2.24, 2.45) is 0 Å². The summed E-state index contributed by atoms with van der Waals surface area (Å²) in [4.78, 5) is 77.3. The number of carbonyl (C=O) groups excluding carboxylic acids is 3. The first-order valence-electron chi connectivity index (χ1n) is 22.1. The van der Waals surface area contributed by atoms with Gasteiger partial charge in [-0.3, -0.25) is 14.4 Å². The molecule has 22 heteroatoms. The Bertz CT molecular complexity index is 2990. The van der Waals surface area contributed by atoms with Gasteiger partial charge in [-0.25, -0.2) is 34.6 Å². The number of ether oxygens (including phenoxy) is 1. The van der Waals surface area contributed by atoms with Gasteiger partial charge in [0.1, 0.15) is 30.0 Å². The largest absolute Gasteiger partial charge is 0.424 e. The van der Waals surface area contributed by atoms with E-state index in [0.29, 0.717) is 123 Å². The molecule has 10 rings (SSSR count). The number of aliphatic hydroxyl groups is 1. The van der Waals surface area contributed by atoms with Crippen LogP contribution >= 0.6 is 0 Å². The Balaban J connectivity index is 0.713. The molecular weight excluding hydrogens is 861 g/mol. The van der Waals surface area contributed by atoms with E-state index in [-0.39, 0.29) is 44.0 Å². The SMILES string of the molecule is Nc1nc2cc(-c3nn(Cc4ccc5c(c4)CCN(C(=O)c4cnc(N6CCN(c7ncc8c(n7)CCN(C(=O)CCOCCNC(=O)CO)C8)CC6)nc4)C5)c4ncnc(N)c34)ccc2o1. The van der Waals surface area contributed by atoms with Gasteiger partial charge < -0.3 is 50.6 Å². The lowest BCUT2D eigenvalue weighted by molar-refractivity contribution is -0.133. The van der Waals surface area contributed by atoms with Crippen LogP contribution in [0.3, 0.4) is 0 Å². The molecule has 0 bridgehead atoms. The minimum atomic E-state index is -0.566. The predicted octanol–water partition coefficient (Wildman–Crippen LogP) is 1.35. The summed E-state index contributed by atoms with van der Waals surface area (Å²) >= 11 is 0. The van der Waals surface area contributed by atoms with E-state index in [4.69, 9.17) is 35.8 Å². The Kier molecular flexibility index (Phi) is 11.9. The molecule has 344 valence electrons. The first-order chi connectivity index (χ1) is 32.7. The van der Waals surface area contributed by atoms with E-state index in [1.165, 1.54) is 11.9 Å². The highest BCUT2D eigenvalue weighted by Crippen LogP contribution is 2.33. The van der Waals surface area contributed by atoms with Gasteiger partial charge in [-0.1, -0.05) is 18.2 Å². The monoisotopic (exact) mass is 908 g/mol. The van der Waals surface area contributed by atoms with Gasteiger partial charge >= 0.3 is 0 Å². The van der Waals surface area contributed by atoms with Crippen molar-refractivity contribution < 1.29 is 28.6 Å². The summed E-state index contributed by atoms with van der Waals surface area (Å²) in [5, 5.41) is 16.9. The maximum absolute atomic E-state index is 13.7. The normalized spacial score (nSPS) is 14.9. The summed E-state index contributed by atoms with van der Waals surface area (Å²) in [6, 6.07) is 11.9. The first kappa shape index (κ1) is 43.1. The molecule has 0 unspecified atom stereocenters. The second kappa shape index (κ2) is 18.6. The quantitative estimate of drug-likeness (QED) is 0.119. The highest BCUT2D eigenvalue weighted by Gasteiger charge is 2.27. The summed E-state index contributed by atoms with van der Waals surface area (Å²) < 4.78 is 12.7. The number of oxazole rings is 1. The molecule has 1 fully saturated rings. The van der Waals surface area contributed by atoms with E-state index >= 15 is 0 Å². The molecule has 67 heavy (non-hydrogen) atoms. The van der Waals surface area contributed by atoms with Gasteiger partial charge in [-0.2, -0.15) is 10.1 Å². The third-order valence-electron chi connectivity index (χ3n) is 12.3. The zero-order valence-electron chi connectivity index (χ0n) is 36.5. The Morgan fingerprint density at radius 1 is 0.791 bits per heavy atom. The molecule has 3 aliphatic heterocycles. The third-order valence-corrected chi connectivity index (χ3v) is 12.3. The number of nitrogens with zero attached hydrogens (tertiary/aromatic N) is 13. The molecule has 0 aliphatic carbocycles. The highest BCUT2D eigenvalue weighted by molar-refractivity contribution is 5.99. The third kappa shape index (κ3) is 9.07. The first-order valence-corrected chi connectivity index (χ1v) is 22.1. The molecule has 7 aromatic rings. The van der Waals surface area contributed by atoms with Crippen molar-refractivity contribution in [3.63, 3.8) is 0 Å². The number of piperazine rings is 1. The van der Waals surface area contributed by atoms with Crippen molar-refractivity contribution in [2.75, 3.05) is 86.9 Å². The summed E-state index contributed by atoms with van der Waals surface area (Å²) in [7, 11) is 0. The number of fused-ring (bicyclic) bond motifs is 4. The summed E-state index contributed by atoms with van der Waals surface area (Å²) in [5.74, 6) is 0.958. The number of aliphatic hydroxyl groups excluding tert-OH is 1. The number of nitrogens with one attached hydrogen (secondary N) is 1. The number of rotatable bonds is 13. The van der Waals surface area contributed by atoms with E-state index < -0.39 is 12.5 Å². The minimum absolute atomic E-state index is 0.0138. The van der Waals surface area contributed by atoms with Crippen LogP contribution in [0.5, 0.6) is 0 Å². The highest BCUT2D eigenvalue weighted by atomic mass is 16.5. The average Bonchev–Trinajstić information content (AvgIpc) is 3.93. The van der Waals surface area contributed by atoms with E-state index in [0.717, 1.165) is 27.9 Å². The second-order valence-electron chi connectivity index (χ2n) is 16.6. The Morgan fingerprint density at radius 3 is 2.39 bits per heavy atom. The summed E-state index contributed by atoms with van der Waals surface area (Å²) in [6.45, 7) is 5.37. The van der Waals surface area contributed by atoms with Gasteiger partial charge in [-0.05, 0) is 41.3 Å². The molecule has 8 heterocycles. The Morgan fingerprint density at radius 2 is 1.57 bits per heavy atom. The van der Waals surface area contributed by atoms with Crippen molar-refractivity contribution in [1.29, 1.82) is 0 Å². The van der Waals surface area contributed by atoms with Crippen LogP contribution in [0, 0.1) is 0 Å². The number of hydrogen-bond acceptors (Lipinski definition) is 18. The van der Waals surface area contributed by atoms with Gasteiger partial charge in [0, 0.05) is 95.0 Å². The number of benzene rings is 2. The van der Waals surface area contributed by atoms with Crippen LogP contribution in [0.2, 0.25) is 0 Å². The molecule has 2 aromatic carbocycles. The molecule has 5 aromatic heterocycles. The molecule has 6 N–H and O–H groups in total. The molecule has 0 saturated carbocycles. The van der Waals surface area contributed by atoms with Crippen LogP contribution in [-0.2, 0) is 46.8 Å². The van der Waals surface area contributed by atoms with Crippen LogP contribution in [0.4, 0.5) is 23.7 Å². The number of nitrogens with two attached hydrogens (primary N) is 2. The molecule has 0 radical (unpaired) electrons. The van der Waals surface area contributed by atoms with Gasteiger partial charge in [0.15, 0.2) is 11.2 Å². The predicted molar refractivity (Wildman–Crippen MR) is 244 cm³/mol. The molecule has 22 nitrogen and oxygen atoms in total. The number of amides is 3. The van der Waals surface area contributed by atoms with Gasteiger partial charge in [0.25, 0.3) is 11.9 Å². The second-order valence-corrected chi connectivity index (χ2v) is 16.6. The molecule has 0 spiro atoms. The topological polar surface area (TPSA) is 279 Å². The van der Waals surface area contributed by atoms with Crippen LogP contribution in [0.15, 0.2) is 65.7 Å². The number of anilines is 4. The minimum Gasteiger partial charge on any atom is -0.424 e. The lowest BCUT2D eigenvalue weighted by Crippen LogP contribution is -2.48. The smallest absolute Gasteiger partial charge is 0.292 e. The zero-order valence-corrected chi connectivity index (χ0v) is 36.5. The van der Waals surface area contributed by atoms with Crippen LogP contribution in [0.1, 0.15) is 44.7 Å². The van der Waals surface area contributed by atoms with Crippen LogP contribution in [-0.4, -0.2) is 143 Å². The van der Waals surface area contributed by atoms with Crippen molar-refractivity contribution in [2.45, 2.75) is 38.9 Å². The standard InChI is InChI=1S/C45H48N16O6/c46-40-38-39(29-3-4-35-34(18-29)54-43(47)67-35)56-61(41(38)53-26-52-40)22-27-1-2-30-23-60(9-5-28(30)17-27)42(65)31-19-49-44(50-20-31)57-11-13-58(14-12-57)45-51-21-32-24-59(10-6-33(32)55-45)37(64)7-15-66-16-8-48-36(63)25-62/h1-4,17-21,26,62H,5-16,22-25H2,(H2,47,54)(H,48,63)(H2,46,52,53). The number of aromatic nitrogens is 9. The van der Waals surface area contributed by atoms with Crippen LogP contribution < -0.4 is 26.6 Å². The maximum atomic E-state index is 13.7. The van der Waals surface area contributed by atoms with Crippen molar-refractivity contribution in [1.82, 2.24) is 59.8 Å². The van der Waals surface area contributed by atoms with E-state index in [1.807, 2.05) is 27.9 Å². The van der Waals surface area contributed by atoms with Crippen molar-refractivity contribution in [3.05, 3.63) is 94.8 Å². The fourth-order valence-electron chi connectivity index (χ4n) is 8.78. The Hall–Kier alpha value is -7.85. The Labute approximate surface area is 383 Å². The lowest BCUT2D eigenvalue weighted by atomic mass is 9.97. The number of hydrogen-bond donors (Lipinski definition) is 4. The average molecular weight is 909 g/mol. The van der Waals surface area contributed by atoms with Gasteiger partial charge in [0.05, 0.1) is 42.8 Å². The van der Waals surface area contributed by atoms with E-state index in [2.05, 4.69) is 63.2 Å². The van der Waals surface area contributed by atoms with Crippen molar-refractivity contribution >= 4 is 63.6 Å². The number of carbonyl (C=O) groups is 3. The van der Waals surface area contributed by atoms with Gasteiger partial charge in [0.2, 0.25) is 23.7 Å².